The normalized spacial score (nSPS) is 11.4. The van der Waals surface area contributed by atoms with Crippen LogP contribution in [0, 0.1) is 5.41 Å². The minimum Gasteiger partial charge on any atom is -0.457 e. The summed E-state index contributed by atoms with van der Waals surface area (Å²) in [4.78, 5) is 0. The van der Waals surface area contributed by atoms with Crippen molar-refractivity contribution in [2.45, 2.75) is 20.5 Å². The van der Waals surface area contributed by atoms with Gasteiger partial charge < -0.3 is 9.47 Å². The summed E-state index contributed by atoms with van der Waals surface area (Å²) in [5.41, 5.74) is 1.09. The highest BCUT2D eigenvalue weighted by Gasteiger charge is 2.16. The molecule has 0 unspecified atom stereocenters. The fourth-order valence-corrected chi connectivity index (χ4v) is 1.88. The average Bonchev–Trinajstić information content (AvgIpc) is 2.48. The highest BCUT2D eigenvalue weighted by Crippen LogP contribution is 2.23. The first kappa shape index (κ1) is 15.9. The van der Waals surface area contributed by atoms with Gasteiger partial charge in [0, 0.05) is 11.3 Å². The Hall–Kier alpha value is -1.51. The summed E-state index contributed by atoms with van der Waals surface area (Å²) in [5.74, 6) is 2.24. The van der Waals surface area contributed by atoms with E-state index in [2.05, 4.69) is 13.8 Å². The molecule has 0 aliphatic rings. The molecular formula is C18H21ClO2. The van der Waals surface area contributed by atoms with E-state index in [-0.39, 0.29) is 5.41 Å². The molecule has 0 atom stereocenters. The van der Waals surface area contributed by atoms with Crippen LogP contribution in [0.4, 0.5) is 0 Å². The molecule has 0 N–H and O–H groups in total. The molecule has 0 fully saturated rings. The van der Waals surface area contributed by atoms with Gasteiger partial charge in [-0.3, -0.25) is 0 Å². The minimum atomic E-state index is -0.000293. The van der Waals surface area contributed by atoms with E-state index in [1.54, 1.807) is 0 Å². The maximum Gasteiger partial charge on any atom is 0.127 e. The third-order valence-corrected chi connectivity index (χ3v) is 3.72. The Morgan fingerprint density at radius 3 is 2.38 bits per heavy atom. The Bertz CT molecular complexity index is 552. The van der Waals surface area contributed by atoms with Gasteiger partial charge in [-0.1, -0.05) is 44.2 Å². The largest absolute Gasteiger partial charge is 0.457 e. The standard InChI is InChI=1S/C18H21ClO2/c1-18(2,13-19)14-20-12-15-7-6-10-17(11-15)21-16-8-4-3-5-9-16/h3-11H,12-14H2,1-2H3. The van der Waals surface area contributed by atoms with Crippen LogP contribution in [0.2, 0.25) is 0 Å². The van der Waals surface area contributed by atoms with Crippen LogP contribution >= 0.6 is 11.6 Å². The quantitative estimate of drug-likeness (QED) is 0.650. The summed E-state index contributed by atoms with van der Waals surface area (Å²) in [5, 5.41) is 0. The molecule has 3 heteroatoms. The zero-order chi connectivity index (χ0) is 15.1. The number of alkyl halides is 1. The summed E-state index contributed by atoms with van der Waals surface area (Å²) >= 11 is 5.89. The first-order valence-corrected chi connectivity index (χ1v) is 7.58. The fraction of sp³-hybridized carbons (Fsp3) is 0.333. The number of hydrogen-bond acceptors (Lipinski definition) is 2. The van der Waals surface area contributed by atoms with Crippen molar-refractivity contribution in [3.63, 3.8) is 0 Å². The van der Waals surface area contributed by atoms with Gasteiger partial charge in [0.2, 0.25) is 0 Å². The van der Waals surface area contributed by atoms with E-state index in [0.29, 0.717) is 19.1 Å². The molecule has 0 aliphatic carbocycles. The van der Waals surface area contributed by atoms with Gasteiger partial charge in [-0.15, -0.1) is 11.6 Å². The summed E-state index contributed by atoms with van der Waals surface area (Å²) in [6, 6.07) is 17.7. The SMILES string of the molecule is CC(C)(CCl)COCc1cccc(Oc2ccccc2)c1. The van der Waals surface area contributed by atoms with Crippen LogP contribution in [-0.4, -0.2) is 12.5 Å². The van der Waals surface area contributed by atoms with Crippen LogP contribution in [0.3, 0.4) is 0 Å². The molecule has 0 spiro atoms. The van der Waals surface area contributed by atoms with Crippen LogP contribution in [-0.2, 0) is 11.3 Å². The smallest absolute Gasteiger partial charge is 0.127 e. The van der Waals surface area contributed by atoms with Gasteiger partial charge in [-0.2, -0.15) is 0 Å². The number of benzene rings is 2. The molecule has 2 aromatic rings. The lowest BCUT2D eigenvalue weighted by Crippen LogP contribution is -2.20. The molecule has 2 rings (SSSR count). The van der Waals surface area contributed by atoms with E-state index in [1.165, 1.54) is 0 Å². The van der Waals surface area contributed by atoms with Gasteiger partial charge in [0.15, 0.2) is 0 Å². The topological polar surface area (TPSA) is 18.5 Å². The Balaban J connectivity index is 1.92. The van der Waals surface area contributed by atoms with Crippen LogP contribution in [0.1, 0.15) is 19.4 Å². The van der Waals surface area contributed by atoms with Crippen molar-refractivity contribution in [2.75, 3.05) is 12.5 Å². The molecule has 21 heavy (non-hydrogen) atoms. The summed E-state index contributed by atoms with van der Waals surface area (Å²) in [6.45, 7) is 5.39. The Kier molecular flexibility index (Phi) is 5.66. The second-order valence-corrected chi connectivity index (χ2v) is 6.12. The predicted octanol–water partition coefficient (Wildman–Crippen LogP) is 5.26. The summed E-state index contributed by atoms with van der Waals surface area (Å²) < 4.78 is 11.6. The lowest BCUT2D eigenvalue weighted by Gasteiger charge is -2.21. The molecule has 2 nitrogen and oxygen atoms in total. The predicted molar refractivity (Wildman–Crippen MR) is 87.1 cm³/mol. The zero-order valence-corrected chi connectivity index (χ0v) is 13.3. The number of para-hydroxylation sites is 1. The zero-order valence-electron chi connectivity index (χ0n) is 12.5. The lowest BCUT2D eigenvalue weighted by molar-refractivity contribution is 0.0613. The molecule has 0 bridgehead atoms. The molecular weight excluding hydrogens is 284 g/mol. The van der Waals surface area contributed by atoms with E-state index in [4.69, 9.17) is 21.1 Å². The monoisotopic (exact) mass is 304 g/mol. The van der Waals surface area contributed by atoms with Gasteiger partial charge >= 0.3 is 0 Å². The van der Waals surface area contributed by atoms with Crippen molar-refractivity contribution in [3.05, 3.63) is 60.2 Å². The van der Waals surface area contributed by atoms with Gasteiger partial charge in [-0.05, 0) is 29.8 Å². The molecule has 0 aliphatic heterocycles. The van der Waals surface area contributed by atoms with E-state index in [1.807, 2.05) is 54.6 Å². The third kappa shape index (κ3) is 5.41. The van der Waals surface area contributed by atoms with E-state index < -0.39 is 0 Å². The summed E-state index contributed by atoms with van der Waals surface area (Å²) in [6.07, 6.45) is 0. The van der Waals surface area contributed by atoms with Crippen LogP contribution < -0.4 is 4.74 Å². The maximum absolute atomic E-state index is 5.89. The number of halogens is 1. The molecule has 2 aromatic carbocycles. The molecule has 0 radical (unpaired) electrons. The van der Waals surface area contributed by atoms with Gasteiger partial charge in [0.25, 0.3) is 0 Å². The van der Waals surface area contributed by atoms with E-state index in [0.717, 1.165) is 17.1 Å². The highest BCUT2D eigenvalue weighted by molar-refractivity contribution is 6.18. The second-order valence-electron chi connectivity index (χ2n) is 5.85. The maximum atomic E-state index is 5.89. The fourth-order valence-electron chi connectivity index (χ4n) is 1.81. The second kappa shape index (κ2) is 7.48. The number of ether oxygens (including phenoxy) is 2. The lowest BCUT2D eigenvalue weighted by atomic mass is 9.98. The van der Waals surface area contributed by atoms with Crippen LogP contribution in [0.5, 0.6) is 11.5 Å². The number of hydrogen-bond donors (Lipinski definition) is 0. The first-order chi connectivity index (χ1) is 10.1. The van der Waals surface area contributed by atoms with E-state index in [9.17, 15) is 0 Å². The van der Waals surface area contributed by atoms with Crippen LogP contribution in [0.15, 0.2) is 54.6 Å². The van der Waals surface area contributed by atoms with Crippen molar-refractivity contribution in [3.8, 4) is 11.5 Å². The Labute approximate surface area is 131 Å². The van der Waals surface area contributed by atoms with Crippen molar-refractivity contribution >= 4 is 11.6 Å². The molecule has 0 saturated heterocycles. The molecule has 0 heterocycles. The molecule has 0 aromatic heterocycles. The molecule has 0 saturated carbocycles. The van der Waals surface area contributed by atoms with Crippen molar-refractivity contribution < 1.29 is 9.47 Å². The van der Waals surface area contributed by atoms with E-state index >= 15 is 0 Å². The van der Waals surface area contributed by atoms with Crippen molar-refractivity contribution in [1.82, 2.24) is 0 Å². The van der Waals surface area contributed by atoms with Gasteiger partial charge in [-0.25, -0.2) is 0 Å². The Morgan fingerprint density at radius 2 is 1.67 bits per heavy atom. The first-order valence-electron chi connectivity index (χ1n) is 7.05. The highest BCUT2D eigenvalue weighted by atomic mass is 35.5. The van der Waals surface area contributed by atoms with Gasteiger partial charge in [0.1, 0.15) is 11.5 Å². The third-order valence-electron chi connectivity index (χ3n) is 3.00. The molecule has 0 amide bonds. The van der Waals surface area contributed by atoms with Crippen molar-refractivity contribution in [2.24, 2.45) is 5.41 Å². The van der Waals surface area contributed by atoms with Gasteiger partial charge in [0.05, 0.1) is 13.2 Å². The number of rotatable bonds is 7. The minimum absolute atomic E-state index is 0.000293. The average molecular weight is 305 g/mol. The Morgan fingerprint density at radius 1 is 0.952 bits per heavy atom. The van der Waals surface area contributed by atoms with Crippen LogP contribution in [0.25, 0.3) is 0 Å². The summed E-state index contributed by atoms with van der Waals surface area (Å²) in [7, 11) is 0. The van der Waals surface area contributed by atoms with Crippen molar-refractivity contribution in [1.29, 1.82) is 0 Å². The molecule has 112 valence electrons.